The fraction of sp³-hybridized carbons (Fsp3) is 0.500. The van der Waals surface area contributed by atoms with E-state index in [4.69, 9.17) is 4.74 Å². The first kappa shape index (κ1) is 11.1. The van der Waals surface area contributed by atoms with Crippen molar-refractivity contribution in [3.8, 4) is 0 Å². The Hall–Kier alpha value is -1.42. The number of rotatable bonds is 3. The van der Waals surface area contributed by atoms with Gasteiger partial charge in [0, 0.05) is 18.4 Å². The summed E-state index contributed by atoms with van der Waals surface area (Å²) in [7, 11) is 0. The van der Waals surface area contributed by atoms with E-state index in [2.05, 4.69) is 10.3 Å². The summed E-state index contributed by atoms with van der Waals surface area (Å²) in [5.74, 6) is -0.189. The van der Waals surface area contributed by atoms with Crippen LogP contribution in [0.4, 0.5) is 0 Å². The molecule has 1 saturated heterocycles. The van der Waals surface area contributed by atoms with Gasteiger partial charge >= 0.3 is 5.97 Å². The molecule has 0 spiro atoms. The maximum atomic E-state index is 11.7. The van der Waals surface area contributed by atoms with Gasteiger partial charge in [-0.05, 0) is 31.5 Å². The molecule has 86 valence electrons. The van der Waals surface area contributed by atoms with E-state index in [1.807, 2.05) is 19.1 Å². The molecule has 2 rings (SSSR count). The van der Waals surface area contributed by atoms with Crippen molar-refractivity contribution in [1.29, 1.82) is 0 Å². The molecule has 2 heterocycles. The Kier molecular flexibility index (Phi) is 3.51. The van der Waals surface area contributed by atoms with Gasteiger partial charge in [0.2, 0.25) is 0 Å². The highest BCUT2D eigenvalue weighted by Crippen LogP contribution is 2.29. The van der Waals surface area contributed by atoms with Crippen LogP contribution in [0.2, 0.25) is 0 Å². The number of carbonyl (C=O) groups is 1. The van der Waals surface area contributed by atoms with E-state index in [9.17, 15) is 4.79 Å². The fourth-order valence-electron chi connectivity index (χ4n) is 2.12. The van der Waals surface area contributed by atoms with Crippen LogP contribution in [0.25, 0.3) is 0 Å². The molecular weight excluding hydrogens is 204 g/mol. The molecule has 0 amide bonds. The summed E-state index contributed by atoms with van der Waals surface area (Å²) < 4.78 is 5.08. The van der Waals surface area contributed by atoms with Gasteiger partial charge in [0.15, 0.2) is 0 Å². The van der Waals surface area contributed by atoms with Gasteiger partial charge in [0.05, 0.1) is 12.5 Å². The Morgan fingerprint density at radius 2 is 2.56 bits per heavy atom. The Balaban J connectivity index is 2.12. The van der Waals surface area contributed by atoms with Gasteiger partial charge in [0.1, 0.15) is 0 Å². The molecule has 4 nitrogen and oxygen atoms in total. The maximum Gasteiger partial charge on any atom is 0.310 e. The SMILES string of the molecule is CCOC(=O)C1CCNC1c1cccnc1. The van der Waals surface area contributed by atoms with Crippen molar-refractivity contribution in [2.24, 2.45) is 5.92 Å². The van der Waals surface area contributed by atoms with Crippen LogP contribution in [-0.2, 0) is 9.53 Å². The van der Waals surface area contributed by atoms with Gasteiger partial charge in [-0.2, -0.15) is 0 Å². The lowest BCUT2D eigenvalue weighted by Crippen LogP contribution is -2.25. The summed E-state index contributed by atoms with van der Waals surface area (Å²) in [4.78, 5) is 15.8. The lowest BCUT2D eigenvalue weighted by molar-refractivity contribution is -0.148. The van der Waals surface area contributed by atoms with Gasteiger partial charge in [-0.1, -0.05) is 6.07 Å². The molecule has 1 aromatic heterocycles. The second-order valence-corrected chi connectivity index (χ2v) is 3.87. The van der Waals surface area contributed by atoms with Crippen LogP contribution in [0, 0.1) is 5.92 Å². The summed E-state index contributed by atoms with van der Waals surface area (Å²) in [5, 5.41) is 3.32. The predicted octanol–water partition coefficient (Wildman–Crippen LogP) is 1.30. The molecule has 2 atom stereocenters. The molecule has 1 aromatic rings. The topological polar surface area (TPSA) is 51.2 Å². The molecule has 4 heteroatoms. The molecule has 1 aliphatic rings. The number of nitrogens with one attached hydrogen (secondary N) is 1. The van der Waals surface area contributed by atoms with E-state index in [-0.39, 0.29) is 17.9 Å². The van der Waals surface area contributed by atoms with E-state index >= 15 is 0 Å². The Bertz CT molecular complexity index is 353. The van der Waals surface area contributed by atoms with Crippen molar-refractivity contribution in [2.75, 3.05) is 13.2 Å². The van der Waals surface area contributed by atoms with Crippen molar-refractivity contribution < 1.29 is 9.53 Å². The van der Waals surface area contributed by atoms with Crippen molar-refractivity contribution in [3.05, 3.63) is 30.1 Å². The van der Waals surface area contributed by atoms with Gasteiger partial charge in [-0.3, -0.25) is 9.78 Å². The largest absolute Gasteiger partial charge is 0.466 e. The molecule has 0 saturated carbocycles. The summed E-state index contributed by atoms with van der Waals surface area (Å²) >= 11 is 0. The lowest BCUT2D eigenvalue weighted by atomic mass is 9.95. The minimum absolute atomic E-state index is 0.0488. The number of nitrogens with zero attached hydrogens (tertiary/aromatic N) is 1. The van der Waals surface area contributed by atoms with Crippen LogP contribution in [0.1, 0.15) is 24.9 Å². The second-order valence-electron chi connectivity index (χ2n) is 3.87. The molecule has 0 radical (unpaired) electrons. The first-order chi connectivity index (χ1) is 7.83. The number of carbonyl (C=O) groups excluding carboxylic acids is 1. The van der Waals surface area contributed by atoms with Gasteiger partial charge < -0.3 is 10.1 Å². The van der Waals surface area contributed by atoms with E-state index < -0.39 is 0 Å². The monoisotopic (exact) mass is 220 g/mol. The van der Waals surface area contributed by atoms with Crippen LogP contribution in [0.3, 0.4) is 0 Å². The van der Waals surface area contributed by atoms with Crippen molar-refractivity contribution in [1.82, 2.24) is 10.3 Å². The third-order valence-electron chi connectivity index (χ3n) is 2.85. The number of pyridine rings is 1. The zero-order valence-corrected chi connectivity index (χ0v) is 9.35. The quantitative estimate of drug-likeness (QED) is 0.780. The smallest absolute Gasteiger partial charge is 0.310 e. The summed E-state index contributed by atoms with van der Waals surface area (Å²) in [6, 6.07) is 3.92. The normalized spacial score (nSPS) is 24.3. The zero-order valence-electron chi connectivity index (χ0n) is 9.35. The van der Waals surface area contributed by atoms with Gasteiger partial charge in [0.25, 0.3) is 0 Å². The van der Waals surface area contributed by atoms with Crippen molar-refractivity contribution in [2.45, 2.75) is 19.4 Å². The molecule has 0 aliphatic carbocycles. The predicted molar refractivity (Wildman–Crippen MR) is 59.7 cm³/mol. The van der Waals surface area contributed by atoms with Gasteiger partial charge in [-0.25, -0.2) is 0 Å². The number of hydrogen-bond donors (Lipinski definition) is 1. The maximum absolute atomic E-state index is 11.7. The highest BCUT2D eigenvalue weighted by Gasteiger charge is 2.34. The third kappa shape index (κ3) is 2.22. The minimum atomic E-state index is -0.110. The third-order valence-corrected chi connectivity index (χ3v) is 2.85. The van der Waals surface area contributed by atoms with Gasteiger partial charge in [-0.15, -0.1) is 0 Å². The molecule has 0 bridgehead atoms. The average Bonchev–Trinajstić information content (AvgIpc) is 2.79. The molecule has 2 unspecified atom stereocenters. The van der Waals surface area contributed by atoms with Crippen LogP contribution in [-0.4, -0.2) is 24.1 Å². The second kappa shape index (κ2) is 5.07. The molecule has 1 fully saturated rings. The van der Waals surface area contributed by atoms with Crippen molar-refractivity contribution >= 4 is 5.97 Å². The standard InChI is InChI=1S/C12H16N2O2/c1-2-16-12(15)10-5-7-14-11(10)9-4-3-6-13-8-9/h3-4,6,8,10-11,14H,2,5,7H2,1H3. The molecule has 0 aromatic carbocycles. The fourth-order valence-corrected chi connectivity index (χ4v) is 2.12. The number of esters is 1. The molecule has 1 aliphatic heterocycles. The summed E-state index contributed by atoms with van der Waals surface area (Å²) in [5.41, 5.74) is 1.05. The van der Waals surface area contributed by atoms with E-state index in [0.29, 0.717) is 6.61 Å². The van der Waals surface area contributed by atoms with Crippen LogP contribution >= 0.6 is 0 Å². The Morgan fingerprint density at radius 1 is 1.69 bits per heavy atom. The minimum Gasteiger partial charge on any atom is -0.466 e. The number of hydrogen-bond acceptors (Lipinski definition) is 4. The number of aromatic nitrogens is 1. The van der Waals surface area contributed by atoms with Crippen LogP contribution in [0.15, 0.2) is 24.5 Å². The average molecular weight is 220 g/mol. The lowest BCUT2D eigenvalue weighted by Gasteiger charge is -2.17. The van der Waals surface area contributed by atoms with Crippen molar-refractivity contribution in [3.63, 3.8) is 0 Å². The molecule has 16 heavy (non-hydrogen) atoms. The van der Waals surface area contributed by atoms with E-state index in [1.54, 1.807) is 12.4 Å². The highest BCUT2D eigenvalue weighted by atomic mass is 16.5. The van der Waals surface area contributed by atoms with E-state index in [1.165, 1.54) is 0 Å². The summed E-state index contributed by atoms with van der Waals surface area (Å²) in [6.45, 7) is 3.12. The first-order valence-electron chi connectivity index (χ1n) is 5.63. The molecular formula is C12H16N2O2. The van der Waals surface area contributed by atoms with Crippen LogP contribution < -0.4 is 5.32 Å². The molecule has 1 N–H and O–H groups in total. The van der Waals surface area contributed by atoms with E-state index in [0.717, 1.165) is 18.5 Å². The number of ether oxygens (including phenoxy) is 1. The summed E-state index contributed by atoms with van der Waals surface area (Å²) in [6.07, 6.45) is 4.37. The highest BCUT2D eigenvalue weighted by molar-refractivity contribution is 5.74. The first-order valence-corrected chi connectivity index (χ1v) is 5.63. The zero-order chi connectivity index (χ0) is 11.4. The Labute approximate surface area is 95.0 Å². The Morgan fingerprint density at radius 3 is 3.25 bits per heavy atom. The van der Waals surface area contributed by atoms with Crippen LogP contribution in [0.5, 0.6) is 0 Å².